The van der Waals surface area contributed by atoms with Gasteiger partial charge in [-0.15, -0.1) is 0 Å². The lowest BCUT2D eigenvalue weighted by atomic mass is 10.3. The second-order valence-electron chi connectivity index (χ2n) is 3.91. The van der Waals surface area contributed by atoms with Crippen molar-refractivity contribution in [1.29, 1.82) is 0 Å². The number of carbonyl (C=O) groups is 1. The molecule has 1 rings (SSSR count). The van der Waals surface area contributed by atoms with Crippen LogP contribution >= 0.6 is 70.2 Å². The Morgan fingerprint density at radius 3 is 2.41 bits per heavy atom. The number of hydrogen-bond acceptors (Lipinski definition) is 2. The highest BCUT2D eigenvalue weighted by Gasteiger charge is 2.34. The molecule has 0 aliphatic heterocycles. The summed E-state index contributed by atoms with van der Waals surface area (Å²) in [6, 6.07) is 4.80. The van der Waals surface area contributed by atoms with E-state index in [2.05, 4.69) is 22.5 Å². The maximum absolute atomic E-state index is 11.4. The Bertz CT molecular complexity index is 591. The summed E-state index contributed by atoms with van der Waals surface area (Å²) in [5, 5.41) is 8.80. The molecule has 0 bridgehead atoms. The smallest absolute Gasteiger partial charge is 0.245 e. The molecule has 120 valence electrons. The van der Waals surface area contributed by atoms with Gasteiger partial charge in [0.1, 0.15) is 6.17 Å². The molecule has 22 heavy (non-hydrogen) atoms. The third kappa shape index (κ3) is 6.36. The van der Waals surface area contributed by atoms with Gasteiger partial charge in [-0.2, -0.15) is 0 Å². The van der Waals surface area contributed by atoms with Crippen molar-refractivity contribution >= 4 is 86.9 Å². The van der Waals surface area contributed by atoms with Crippen LogP contribution in [-0.2, 0) is 4.79 Å². The Balaban J connectivity index is 2.78. The van der Waals surface area contributed by atoms with Crippen molar-refractivity contribution in [2.45, 2.75) is 9.96 Å². The minimum absolute atomic E-state index is 0.0879. The number of anilines is 1. The summed E-state index contributed by atoms with van der Waals surface area (Å²) < 4.78 is -1.84. The van der Waals surface area contributed by atoms with Gasteiger partial charge in [-0.1, -0.05) is 64.6 Å². The number of halogens is 5. The van der Waals surface area contributed by atoms with Crippen molar-refractivity contribution in [3.8, 4) is 0 Å². The molecule has 1 aromatic carbocycles. The number of thiocarbonyl (C=S) groups is 1. The molecule has 3 N–H and O–H groups in total. The van der Waals surface area contributed by atoms with Crippen molar-refractivity contribution in [3.05, 3.63) is 40.9 Å². The number of carbonyl (C=O) groups excluding carboxylic acids is 1. The molecule has 0 aliphatic rings. The number of rotatable bonds is 4. The molecule has 0 spiro atoms. The second-order valence-corrected chi connectivity index (χ2v) is 7.53. The maximum atomic E-state index is 11.4. The molecular weight excluding hydrogens is 411 g/mol. The average Bonchev–Trinajstić information content (AvgIpc) is 2.40. The largest absolute Gasteiger partial charge is 0.339 e. The van der Waals surface area contributed by atoms with E-state index in [1.165, 1.54) is 0 Å². The molecule has 0 fully saturated rings. The van der Waals surface area contributed by atoms with E-state index in [0.717, 1.165) is 6.08 Å². The van der Waals surface area contributed by atoms with Gasteiger partial charge < -0.3 is 16.0 Å². The zero-order valence-corrected chi connectivity index (χ0v) is 15.4. The summed E-state index contributed by atoms with van der Waals surface area (Å²) in [5.41, 5.74) is 0.502. The highest BCUT2D eigenvalue weighted by atomic mass is 35.6. The first-order chi connectivity index (χ1) is 10.1. The van der Waals surface area contributed by atoms with E-state index < -0.39 is 15.9 Å². The van der Waals surface area contributed by atoms with E-state index in [9.17, 15) is 4.79 Å². The predicted octanol–water partition coefficient (Wildman–Crippen LogP) is 4.28. The molecule has 0 aromatic heterocycles. The Hall–Kier alpha value is -0.430. The fourth-order valence-corrected chi connectivity index (χ4v) is 2.29. The van der Waals surface area contributed by atoms with Crippen LogP contribution in [0, 0.1) is 0 Å². The van der Waals surface area contributed by atoms with Crippen LogP contribution in [0.25, 0.3) is 0 Å². The molecular formula is C12H10Cl5N3OS. The molecule has 0 saturated heterocycles. The van der Waals surface area contributed by atoms with Crippen molar-refractivity contribution in [3.63, 3.8) is 0 Å². The SMILES string of the molecule is C=CC(=O)NC(NC(=S)Nc1ccc(Cl)cc1Cl)C(Cl)(Cl)Cl. The Morgan fingerprint density at radius 1 is 1.27 bits per heavy atom. The number of nitrogens with one attached hydrogen (secondary N) is 3. The summed E-state index contributed by atoms with van der Waals surface area (Å²) in [7, 11) is 0. The van der Waals surface area contributed by atoms with Gasteiger partial charge in [0.15, 0.2) is 5.11 Å². The van der Waals surface area contributed by atoms with Crippen molar-refractivity contribution in [1.82, 2.24) is 10.6 Å². The normalized spacial score (nSPS) is 12.2. The van der Waals surface area contributed by atoms with Crippen LogP contribution in [0.3, 0.4) is 0 Å². The van der Waals surface area contributed by atoms with Gasteiger partial charge in [0.25, 0.3) is 0 Å². The Labute approximate surface area is 158 Å². The zero-order valence-electron chi connectivity index (χ0n) is 10.8. The van der Waals surface area contributed by atoms with Gasteiger partial charge in [0.2, 0.25) is 9.70 Å². The summed E-state index contributed by atoms with van der Waals surface area (Å²) in [5.74, 6) is -0.531. The third-order valence-corrected chi connectivity index (χ3v) is 3.68. The first-order valence-electron chi connectivity index (χ1n) is 5.65. The first-order valence-corrected chi connectivity index (χ1v) is 7.95. The zero-order chi connectivity index (χ0) is 16.9. The molecule has 0 heterocycles. The lowest BCUT2D eigenvalue weighted by Gasteiger charge is -2.27. The molecule has 1 atom stereocenters. The fourth-order valence-electron chi connectivity index (χ4n) is 1.28. The minimum Gasteiger partial charge on any atom is -0.339 e. The van der Waals surface area contributed by atoms with Crippen LogP contribution in [0.5, 0.6) is 0 Å². The summed E-state index contributed by atoms with van der Waals surface area (Å²) >= 11 is 34.3. The average molecular weight is 422 g/mol. The van der Waals surface area contributed by atoms with Gasteiger partial charge >= 0.3 is 0 Å². The highest BCUT2D eigenvalue weighted by molar-refractivity contribution is 7.80. The number of alkyl halides is 3. The fraction of sp³-hybridized carbons (Fsp3) is 0.167. The number of hydrogen-bond donors (Lipinski definition) is 3. The van der Waals surface area contributed by atoms with E-state index in [0.29, 0.717) is 15.7 Å². The van der Waals surface area contributed by atoms with Crippen molar-refractivity contribution < 1.29 is 4.79 Å². The highest BCUT2D eigenvalue weighted by Crippen LogP contribution is 2.29. The van der Waals surface area contributed by atoms with E-state index in [-0.39, 0.29) is 5.11 Å². The van der Waals surface area contributed by atoms with Crippen molar-refractivity contribution in [2.24, 2.45) is 0 Å². The Morgan fingerprint density at radius 2 is 1.91 bits per heavy atom. The molecule has 0 saturated carbocycles. The van der Waals surface area contributed by atoms with Gasteiger partial charge in [-0.3, -0.25) is 4.79 Å². The third-order valence-electron chi connectivity index (χ3n) is 2.25. The van der Waals surface area contributed by atoms with Crippen LogP contribution in [0.15, 0.2) is 30.9 Å². The predicted molar refractivity (Wildman–Crippen MR) is 98.2 cm³/mol. The molecule has 0 radical (unpaired) electrons. The van der Waals surface area contributed by atoms with Crippen LogP contribution < -0.4 is 16.0 Å². The van der Waals surface area contributed by atoms with Crippen LogP contribution in [0.1, 0.15) is 0 Å². The van der Waals surface area contributed by atoms with Crippen LogP contribution in [0.4, 0.5) is 5.69 Å². The lowest BCUT2D eigenvalue weighted by Crippen LogP contribution is -2.55. The molecule has 4 nitrogen and oxygen atoms in total. The summed E-state index contributed by atoms with van der Waals surface area (Å²) in [6.45, 7) is 3.31. The molecule has 1 unspecified atom stereocenters. The lowest BCUT2D eigenvalue weighted by molar-refractivity contribution is -0.117. The molecule has 0 aliphatic carbocycles. The van der Waals surface area contributed by atoms with Crippen molar-refractivity contribution in [2.75, 3.05) is 5.32 Å². The summed E-state index contributed by atoms with van der Waals surface area (Å²) in [4.78, 5) is 11.4. The van der Waals surface area contributed by atoms with Gasteiger partial charge in [-0.25, -0.2) is 0 Å². The van der Waals surface area contributed by atoms with Crippen LogP contribution in [0.2, 0.25) is 10.0 Å². The monoisotopic (exact) mass is 419 g/mol. The topological polar surface area (TPSA) is 53.2 Å². The minimum atomic E-state index is -1.84. The van der Waals surface area contributed by atoms with E-state index in [1.807, 2.05) is 0 Å². The molecule has 10 heteroatoms. The molecule has 1 amide bonds. The van der Waals surface area contributed by atoms with Gasteiger partial charge in [-0.05, 0) is 36.5 Å². The second kappa shape index (κ2) is 8.43. The van der Waals surface area contributed by atoms with E-state index in [1.54, 1.807) is 18.2 Å². The molecule has 1 aromatic rings. The van der Waals surface area contributed by atoms with E-state index in [4.69, 9.17) is 70.2 Å². The summed E-state index contributed by atoms with van der Waals surface area (Å²) in [6.07, 6.45) is -0.0356. The number of amides is 1. The maximum Gasteiger partial charge on any atom is 0.245 e. The Kier molecular flexibility index (Phi) is 7.52. The van der Waals surface area contributed by atoms with Gasteiger partial charge in [0, 0.05) is 5.02 Å². The van der Waals surface area contributed by atoms with E-state index >= 15 is 0 Å². The first kappa shape index (κ1) is 19.6. The standard InChI is InChI=1S/C12H10Cl5N3OS/c1-2-9(21)19-10(12(15,16)17)20-11(22)18-8-4-3-6(13)5-7(8)14/h2-5,10H,1H2,(H,19,21)(H2,18,20,22). The van der Waals surface area contributed by atoms with Crippen LogP contribution in [-0.4, -0.2) is 21.0 Å². The van der Waals surface area contributed by atoms with Gasteiger partial charge in [0.05, 0.1) is 10.7 Å². The number of benzene rings is 1. The quantitative estimate of drug-likeness (QED) is 0.294.